The van der Waals surface area contributed by atoms with E-state index >= 15 is 0 Å². The second-order valence-electron chi connectivity index (χ2n) is 5.20. The summed E-state index contributed by atoms with van der Waals surface area (Å²) in [6.45, 7) is 1.81. The first-order valence-corrected chi connectivity index (χ1v) is 8.54. The number of rotatable bonds is 3. The van der Waals surface area contributed by atoms with Gasteiger partial charge in [-0.3, -0.25) is 4.79 Å². The largest absolute Gasteiger partial charge is 0.364 e. The Balaban J connectivity index is 2.30. The Bertz CT molecular complexity index is 936. The second-order valence-corrected chi connectivity index (χ2v) is 6.96. The Hall–Kier alpha value is -1.82. The van der Waals surface area contributed by atoms with Crippen LogP contribution in [0.15, 0.2) is 46.9 Å². The molecule has 0 aliphatic rings. The second kappa shape index (κ2) is 6.59. The maximum atomic E-state index is 11.7. The normalized spacial score (nSPS) is 10.8. The molecule has 0 radical (unpaired) electrons. The Labute approximate surface area is 157 Å². The molecule has 0 saturated carbocycles. The maximum Gasteiger partial charge on any atom is 0.269 e. The molecule has 0 aliphatic carbocycles. The van der Waals surface area contributed by atoms with Crippen LogP contribution in [-0.4, -0.2) is 15.7 Å². The number of primary amides is 1. The van der Waals surface area contributed by atoms with Crippen molar-refractivity contribution in [1.82, 2.24) is 9.78 Å². The molecular weight excluding hydrogens is 413 g/mol. The third-order valence-electron chi connectivity index (χ3n) is 3.61. The lowest BCUT2D eigenvalue weighted by atomic mass is 10.1. The van der Waals surface area contributed by atoms with Gasteiger partial charge in [0.1, 0.15) is 0 Å². The van der Waals surface area contributed by atoms with Crippen LogP contribution in [0.4, 0.5) is 0 Å². The van der Waals surface area contributed by atoms with Gasteiger partial charge in [0.2, 0.25) is 0 Å². The summed E-state index contributed by atoms with van der Waals surface area (Å²) >= 11 is 15.7. The third-order valence-corrected chi connectivity index (χ3v) is 4.68. The van der Waals surface area contributed by atoms with Gasteiger partial charge in [0.25, 0.3) is 5.91 Å². The Kier molecular flexibility index (Phi) is 4.67. The van der Waals surface area contributed by atoms with Crippen molar-refractivity contribution < 1.29 is 4.79 Å². The van der Waals surface area contributed by atoms with Crippen LogP contribution in [0.3, 0.4) is 0 Å². The van der Waals surface area contributed by atoms with Gasteiger partial charge in [-0.25, -0.2) is 4.68 Å². The fraction of sp³-hybridized carbons (Fsp3) is 0.0588. The van der Waals surface area contributed by atoms with E-state index in [0.29, 0.717) is 21.3 Å². The highest BCUT2D eigenvalue weighted by Gasteiger charge is 2.21. The molecule has 0 saturated heterocycles. The Morgan fingerprint density at radius 3 is 2.42 bits per heavy atom. The topological polar surface area (TPSA) is 60.9 Å². The molecule has 2 aromatic carbocycles. The smallest absolute Gasteiger partial charge is 0.269 e. The van der Waals surface area contributed by atoms with Crippen molar-refractivity contribution in [2.75, 3.05) is 0 Å². The van der Waals surface area contributed by atoms with E-state index in [0.717, 1.165) is 15.7 Å². The standard InChI is InChI=1S/C17H12BrCl2N3O/c1-9-15(17(21)24)22-23(14-7-6-12(19)8-13(14)20)16(9)10-2-4-11(18)5-3-10/h2-8H,1H3,(H2,21,24). The van der Waals surface area contributed by atoms with Gasteiger partial charge in [-0.15, -0.1) is 0 Å². The first-order valence-electron chi connectivity index (χ1n) is 6.99. The van der Waals surface area contributed by atoms with Crippen molar-refractivity contribution in [1.29, 1.82) is 0 Å². The van der Waals surface area contributed by atoms with Crippen molar-refractivity contribution in [2.45, 2.75) is 6.92 Å². The van der Waals surface area contributed by atoms with E-state index in [4.69, 9.17) is 28.9 Å². The number of hydrogen-bond donors (Lipinski definition) is 1. The summed E-state index contributed by atoms with van der Waals surface area (Å²) in [6, 6.07) is 12.8. The predicted octanol–water partition coefficient (Wildman–Crippen LogP) is 5.02. The van der Waals surface area contributed by atoms with Crippen LogP contribution < -0.4 is 5.73 Å². The molecular formula is C17H12BrCl2N3O. The number of nitrogens with zero attached hydrogens (tertiary/aromatic N) is 2. The average molecular weight is 425 g/mol. The first kappa shape index (κ1) is 17.0. The van der Waals surface area contributed by atoms with Gasteiger partial charge in [-0.05, 0) is 37.3 Å². The SMILES string of the molecule is Cc1c(C(N)=O)nn(-c2ccc(Cl)cc2Cl)c1-c1ccc(Br)cc1. The van der Waals surface area contributed by atoms with Crippen LogP contribution in [0.5, 0.6) is 0 Å². The molecule has 0 unspecified atom stereocenters. The number of amides is 1. The van der Waals surface area contributed by atoms with E-state index < -0.39 is 5.91 Å². The van der Waals surface area contributed by atoms with Crippen molar-refractivity contribution in [2.24, 2.45) is 5.73 Å². The van der Waals surface area contributed by atoms with Crippen molar-refractivity contribution in [3.8, 4) is 16.9 Å². The molecule has 0 bridgehead atoms. The van der Waals surface area contributed by atoms with Crippen LogP contribution in [0.2, 0.25) is 10.0 Å². The summed E-state index contributed by atoms with van der Waals surface area (Å²) in [5.41, 5.74) is 8.62. The number of nitrogens with two attached hydrogens (primary N) is 1. The van der Waals surface area contributed by atoms with Gasteiger partial charge >= 0.3 is 0 Å². The summed E-state index contributed by atoms with van der Waals surface area (Å²) in [5, 5.41) is 5.32. The summed E-state index contributed by atoms with van der Waals surface area (Å²) in [7, 11) is 0. The predicted molar refractivity (Wildman–Crippen MR) is 100.0 cm³/mol. The lowest BCUT2D eigenvalue weighted by molar-refractivity contribution is 0.0994. The Morgan fingerprint density at radius 1 is 1.17 bits per heavy atom. The summed E-state index contributed by atoms with van der Waals surface area (Å²) in [4.78, 5) is 11.7. The molecule has 4 nitrogen and oxygen atoms in total. The fourth-order valence-electron chi connectivity index (χ4n) is 2.50. The minimum absolute atomic E-state index is 0.207. The molecule has 0 aliphatic heterocycles. The molecule has 0 atom stereocenters. The van der Waals surface area contributed by atoms with Gasteiger partial charge in [0, 0.05) is 20.6 Å². The number of aromatic nitrogens is 2. The van der Waals surface area contributed by atoms with E-state index in [1.807, 2.05) is 31.2 Å². The minimum Gasteiger partial charge on any atom is -0.364 e. The minimum atomic E-state index is -0.588. The van der Waals surface area contributed by atoms with E-state index in [-0.39, 0.29) is 5.69 Å². The van der Waals surface area contributed by atoms with Crippen molar-refractivity contribution >= 4 is 45.0 Å². The number of benzene rings is 2. The molecule has 0 fully saturated rings. The number of carbonyl (C=O) groups excluding carboxylic acids is 1. The summed E-state index contributed by atoms with van der Waals surface area (Å²) in [5.74, 6) is -0.588. The van der Waals surface area contributed by atoms with Crippen molar-refractivity contribution in [3.63, 3.8) is 0 Å². The van der Waals surface area contributed by atoms with Crippen LogP contribution in [0, 0.1) is 6.92 Å². The molecule has 24 heavy (non-hydrogen) atoms. The zero-order chi connectivity index (χ0) is 17.4. The highest BCUT2D eigenvalue weighted by molar-refractivity contribution is 9.10. The highest BCUT2D eigenvalue weighted by Crippen LogP contribution is 2.33. The number of carbonyl (C=O) groups is 1. The van der Waals surface area contributed by atoms with E-state index in [1.165, 1.54) is 0 Å². The lowest BCUT2D eigenvalue weighted by Gasteiger charge is -2.11. The van der Waals surface area contributed by atoms with Gasteiger partial charge in [0.05, 0.1) is 16.4 Å². The first-order chi connectivity index (χ1) is 11.4. The lowest BCUT2D eigenvalue weighted by Crippen LogP contribution is -2.13. The summed E-state index contributed by atoms with van der Waals surface area (Å²) < 4.78 is 2.58. The fourth-order valence-corrected chi connectivity index (χ4v) is 3.26. The quantitative estimate of drug-likeness (QED) is 0.641. The van der Waals surface area contributed by atoms with E-state index in [9.17, 15) is 4.79 Å². The van der Waals surface area contributed by atoms with E-state index in [1.54, 1.807) is 22.9 Å². The van der Waals surface area contributed by atoms with Crippen LogP contribution in [0.25, 0.3) is 16.9 Å². The van der Waals surface area contributed by atoms with Crippen molar-refractivity contribution in [3.05, 3.63) is 68.2 Å². The molecule has 1 heterocycles. The highest BCUT2D eigenvalue weighted by atomic mass is 79.9. The molecule has 1 amide bonds. The molecule has 0 spiro atoms. The summed E-state index contributed by atoms with van der Waals surface area (Å²) in [6.07, 6.45) is 0. The average Bonchev–Trinajstić information content (AvgIpc) is 2.86. The van der Waals surface area contributed by atoms with Crippen LogP contribution in [-0.2, 0) is 0 Å². The molecule has 1 aromatic heterocycles. The number of hydrogen-bond acceptors (Lipinski definition) is 2. The van der Waals surface area contributed by atoms with Crippen LogP contribution >= 0.6 is 39.1 Å². The van der Waals surface area contributed by atoms with Crippen LogP contribution in [0.1, 0.15) is 16.1 Å². The van der Waals surface area contributed by atoms with Gasteiger partial charge in [-0.1, -0.05) is 51.3 Å². The van der Waals surface area contributed by atoms with Gasteiger partial charge in [0.15, 0.2) is 5.69 Å². The number of halogens is 3. The molecule has 3 aromatic rings. The monoisotopic (exact) mass is 423 g/mol. The van der Waals surface area contributed by atoms with Gasteiger partial charge in [-0.2, -0.15) is 5.10 Å². The zero-order valence-electron chi connectivity index (χ0n) is 12.6. The zero-order valence-corrected chi connectivity index (χ0v) is 15.7. The molecule has 122 valence electrons. The molecule has 3 rings (SSSR count). The van der Waals surface area contributed by atoms with Gasteiger partial charge < -0.3 is 5.73 Å². The Morgan fingerprint density at radius 2 is 1.83 bits per heavy atom. The molecule has 2 N–H and O–H groups in total. The maximum absolute atomic E-state index is 11.7. The third kappa shape index (κ3) is 3.07. The van der Waals surface area contributed by atoms with E-state index in [2.05, 4.69) is 21.0 Å². The molecule has 7 heteroatoms.